The normalized spacial score (nSPS) is 10.2. The molecule has 0 heterocycles. The number of rotatable bonds is 4. The third-order valence-corrected chi connectivity index (χ3v) is 1.18. The van der Waals surface area contributed by atoms with Gasteiger partial charge in [-0.2, -0.15) is 0 Å². The summed E-state index contributed by atoms with van der Waals surface area (Å²) in [5, 5.41) is 2.61. The SMILES string of the molecule is O=[SH](=O)CNCCCl. The summed E-state index contributed by atoms with van der Waals surface area (Å²) in [6, 6.07) is 0. The van der Waals surface area contributed by atoms with Crippen LogP contribution in [0.2, 0.25) is 0 Å². The van der Waals surface area contributed by atoms with E-state index in [9.17, 15) is 8.42 Å². The molecule has 0 aliphatic rings. The zero-order chi connectivity index (χ0) is 6.41. The van der Waals surface area contributed by atoms with E-state index >= 15 is 0 Å². The molecule has 5 heteroatoms. The highest BCUT2D eigenvalue weighted by atomic mass is 35.5. The standard InChI is InChI=1S/C3H8ClNO2S/c4-1-2-5-3-8(6)7/h5,8H,1-3H2. The maximum atomic E-state index is 9.81. The molecule has 0 atom stereocenters. The van der Waals surface area contributed by atoms with E-state index in [-0.39, 0.29) is 5.88 Å². The summed E-state index contributed by atoms with van der Waals surface area (Å²) < 4.78 is 19.6. The van der Waals surface area contributed by atoms with Gasteiger partial charge < -0.3 is 5.32 Å². The fourth-order valence-corrected chi connectivity index (χ4v) is 0.711. The Hall–Kier alpha value is 0.200. The molecular weight excluding hydrogens is 150 g/mol. The van der Waals surface area contributed by atoms with Crippen molar-refractivity contribution in [2.24, 2.45) is 0 Å². The van der Waals surface area contributed by atoms with Gasteiger partial charge in [0.15, 0.2) is 10.7 Å². The minimum absolute atomic E-state index is 0.0298. The first kappa shape index (κ1) is 8.20. The Morgan fingerprint density at radius 3 is 2.50 bits per heavy atom. The van der Waals surface area contributed by atoms with E-state index in [0.29, 0.717) is 12.4 Å². The number of halogens is 1. The zero-order valence-corrected chi connectivity index (χ0v) is 5.91. The third-order valence-electron chi connectivity index (χ3n) is 0.512. The van der Waals surface area contributed by atoms with Crippen LogP contribution in [0.15, 0.2) is 0 Å². The molecule has 0 aromatic carbocycles. The number of thiol groups is 1. The Bertz CT molecular complexity index is 106. The van der Waals surface area contributed by atoms with Gasteiger partial charge in [-0.05, 0) is 0 Å². The molecule has 0 radical (unpaired) electrons. The van der Waals surface area contributed by atoms with Gasteiger partial charge in [-0.3, -0.25) is 0 Å². The van der Waals surface area contributed by atoms with Gasteiger partial charge in [0.25, 0.3) is 0 Å². The molecule has 0 aliphatic heterocycles. The van der Waals surface area contributed by atoms with Gasteiger partial charge >= 0.3 is 0 Å². The van der Waals surface area contributed by atoms with Crippen molar-refractivity contribution in [1.29, 1.82) is 0 Å². The van der Waals surface area contributed by atoms with E-state index in [0.717, 1.165) is 0 Å². The molecule has 1 N–H and O–H groups in total. The number of hydrogen-bond acceptors (Lipinski definition) is 3. The van der Waals surface area contributed by atoms with Crippen LogP contribution in [0.3, 0.4) is 0 Å². The third kappa shape index (κ3) is 6.20. The summed E-state index contributed by atoms with van der Waals surface area (Å²) in [6.07, 6.45) is 0. The lowest BCUT2D eigenvalue weighted by molar-refractivity contribution is 0.608. The monoisotopic (exact) mass is 157 g/mol. The molecule has 8 heavy (non-hydrogen) atoms. The second-order valence-electron chi connectivity index (χ2n) is 1.18. The first-order valence-electron chi connectivity index (χ1n) is 2.16. The minimum Gasteiger partial charge on any atom is -0.303 e. The summed E-state index contributed by atoms with van der Waals surface area (Å²) in [5.74, 6) is 0.477. The van der Waals surface area contributed by atoms with Crippen LogP contribution in [-0.4, -0.2) is 26.7 Å². The van der Waals surface area contributed by atoms with Crippen molar-refractivity contribution in [2.75, 3.05) is 18.3 Å². The first-order valence-corrected chi connectivity index (χ1v) is 4.05. The highest BCUT2D eigenvalue weighted by Gasteiger charge is 1.82. The van der Waals surface area contributed by atoms with Gasteiger partial charge in [0, 0.05) is 12.4 Å². The molecule has 0 saturated carbocycles. The fourth-order valence-electron chi connectivity index (χ4n) is 0.237. The van der Waals surface area contributed by atoms with Crippen LogP contribution in [0, 0.1) is 0 Å². The van der Waals surface area contributed by atoms with Crippen molar-refractivity contribution in [2.45, 2.75) is 0 Å². The van der Waals surface area contributed by atoms with Gasteiger partial charge in [-0.1, -0.05) is 0 Å². The van der Waals surface area contributed by atoms with E-state index in [1.165, 1.54) is 0 Å². The zero-order valence-electron chi connectivity index (χ0n) is 4.26. The Labute approximate surface area is 55.0 Å². The molecule has 0 bridgehead atoms. The van der Waals surface area contributed by atoms with E-state index in [1.54, 1.807) is 0 Å². The summed E-state index contributed by atoms with van der Waals surface area (Å²) >= 11 is 5.23. The average molecular weight is 158 g/mol. The molecule has 0 unspecified atom stereocenters. The van der Waals surface area contributed by atoms with Crippen molar-refractivity contribution in [3.8, 4) is 0 Å². The summed E-state index contributed by atoms with van der Waals surface area (Å²) in [6.45, 7) is 0.546. The minimum atomic E-state index is -2.28. The van der Waals surface area contributed by atoms with E-state index in [4.69, 9.17) is 11.6 Å². The molecule has 0 aliphatic carbocycles. The highest BCUT2D eigenvalue weighted by Crippen LogP contribution is 1.68. The van der Waals surface area contributed by atoms with Gasteiger partial charge in [0.05, 0.1) is 5.88 Å². The maximum Gasteiger partial charge on any atom is 0.153 e. The molecule has 0 aromatic rings. The largest absolute Gasteiger partial charge is 0.303 e. The van der Waals surface area contributed by atoms with E-state index in [1.807, 2.05) is 0 Å². The van der Waals surface area contributed by atoms with Crippen LogP contribution in [0.25, 0.3) is 0 Å². The Kier molecular flexibility index (Phi) is 5.47. The predicted molar refractivity (Wildman–Crippen MR) is 33.9 cm³/mol. The van der Waals surface area contributed by atoms with Gasteiger partial charge in [-0.15, -0.1) is 11.6 Å². The van der Waals surface area contributed by atoms with Crippen LogP contribution in [0.5, 0.6) is 0 Å². The number of nitrogens with one attached hydrogen (secondary N) is 1. The van der Waals surface area contributed by atoms with Gasteiger partial charge in [0.2, 0.25) is 0 Å². The summed E-state index contributed by atoms with van der Waals surface area (Å²) in [7, 11) is -2.28. The van der Waals surface area contributed by atoms with Gasteiger partial charge in [-0.25, -0.2) is 8.42 Å². The predicted octanol–water partition coefficient (Wildman–Crippen LogP) is -0.616. The lowest BCUT2D eigenvalue weighted by atomic mass is 10.8. The number of hydrogen-bond donors (Lipinski definition) is 2. The van der Waals surface area contributed by atoms with Crippen LogP contribution in [0.1, 0.15) is 0 Å². The van der Waals surface area contributed by atoms with Crippen LogP contribution < -0.4 is 5.32 Å². The molecule has 0 rings (SSSR count). The van der Waals surface area contributed by atoms with E-state index in [2.05, 4.69) is 5.32 Å². The summed E-state index contributed by atoms with van der Waals surface area (Å²) in [4.78, 5) is 0. The van der Waals surface area contributed by atoms with Crippen molar-refractivity contribution in [3.63, 3.8) is 0 Å². The quantitative estimate of drug-likeness (QED) is 0.325. The summed E-state index contributed by atoms with van der Waals surface area (Å²) in [5.41, 5.74) is 0. The average Bonchev–Trinajstić information content (AvgIpc) is 1.66. The molecule has 0 fully saturated rings. The second-order valence-corrected chi connectivity index (χ2v) is 2.54. The number of alkyl halides is 1. The smallest absolute Gasteiger partial charge is 0.153 e. The lowest BCUT2D eigenvalue weighted by Gasteiger charge is -1.90. The molecular formula is C3H8ClNO2S. The molecule has 0 amide bonds. The molecule has 0 saturated heterocycles. The fraction of sp³-hybridized carbons (Fsp3) is 1.00. The van der Waals surface area contributed by atoms with Crippen molar-refractivity contribution < 1.29 is 8.42 Å². The van der Waals surface area contributed by atoms with E-state index < -0.39 is 10.7 Å². The molecule has 50 valence electrons. The molecule has 0 aromatic heterocycles. The van der Waals surface area contributed by atoms with Crippen LogP contribution in [-0.2, 0) is 10.7 Å². The van der Waals surface area contributed by atoms with Crippen LogP contribution in [0.4, 0.5) is 0 Å². The lowest BCUT2D eigenvalue weighted by Crippen LogP contribution is -2.18. The van der Waals surface area contributed by atoms with Crippen molar-refractivity contribution in [3.05, 3.63) is 0 Å². The Morgan fingerprint density at radius 2 is 2.12 bits per heavy atom. The van der Waals surface area contributed by atoms with Crippen LogP contribution >= 0.6 is 11.6 Å². The Balaban J connectivity index is 2.94. The topological polar surface area (TPSA) is 46.2 Å². The molecule has 0 spiro atoms. The second kappa shape index (κ2) is 5.34. The van der Waals surface area contributed by atoms with Gasteiger partial charge in [0.1, 0.15) is 0 Å². The highest BCUT2D eigenvalue weighted by molar-refractivity contribution is 7.72. The Morgan fingerprint density at radius 1 is 1.50 bits per heavy atom. The maximum absolute atomic E-state index is 9.81. The first-order chi connectivity index (χ1) is 3.77. The van der Waals surface area contributed by atoms with Crippen molar-refractivity contribution in [1.82, 2.24) is 5.32 Å². The molecule has 3 nitrogen and oxygen atoms in total. The van der Waals surface area contributed by atoms with Crippen molar-refractivity contribution >= 4 is 22.3 Å².